The van der Waals surface area contributed by atoms with Gasteiger partial charge in [0.1, 0.15) is 5.69 Å². The third kappa shape index (κ3) is 5.92. The fourth-order valence-electron chi connectivity index (χ4n) is 2.24. The van der Waals surface area contributed by atoms with Crippen LogP contribution in [0.3, 0.4) is 0 Å². The molecule has 132 valence electrons. The van der Waals surface area contributed by atoms with Gasteiger partial charge in [0.2, 0.25) is 5.91 Å². The minimum Gasteiger partial charge on any atom is -0.378 e. The van der Waals surface area contributed by atoms with E-state index in [4.69, 9.17) is 23.2 Å². The van der Waals surface area contributed by atoms with Crippen molar-refractivity contribution in [2.75, 3.05) is 18.4 Å². The summed E-state index contributed by atoms with van der Waals surface area (Å²) in [6.07, 6.45) is 0.812. The van der Waals surface area contributed by atoms with Crippen LogP contribution < -0.4 is 10.6 Å². The van der Waals surface area contributed by atoms with Crippen molar-refractivity contribution in [3.63, 3.8) is 0 Å². The first-order chi connectivity index (χ1) is 12.0. The number of hydrogen-bond acceptors (Lipinski definition) is 4. The van der Waals surface area contributed by atoms with Crippen molar-refractivity contribution in [1.29, 1.82) is 0 Å². The molecule has 6 nitrogen and oxygen atoms in total. The number of carbonyl (C=O) groups excluding carboxylic acids is 1. The van der Waals surface area contributed by atoms with E-state index in [1.165, 1.54) is 6.07 Å². The van der Waals surface area contributed by atoms with E-state index >= 15 is 0 Å². The normalized spacial score (nSPS) is 10.3. The first kappa shape index (κ1) is 19.0. The monoisotopic (exact) mass is 381 g/mol. The smallest absolute Gasteiger partial charge is 0.292 e. The number of carbonyl (C=O) groups is 1. The standard InChI is InChI=1S/C17H17Cl2N3O3/c18-13-7-5-12(14(19)11-13)6-8-17(23)21-10-9-20-15-3-1-2-4-16(15)22(24)25/h1-5,7,11,20H,6,8-10H2,(H,21,23). The number of aryl methyl sites for hydroxylation is 1. The fraction of sp³-hybridized carbons (Fsp3) is 0.235. The molecule has 0 atom stereocenters. The van der Waals surface area contributed by atoms with Crippen LogP contribution in [0.2, 0.25) is 10.0 Å². The lowest BCUT2D eigenvalue weighted by atomic mass is 10.1. The van der Waals surface area contributed by atoms with E-state index in [1.54, 1.807) is 36.4 Å². The molecule has 0 unspecified atom stereocenters. The number of nitro benzene ring substituents is 1. The number of anilines is 1. The van der Waals surface area contributed by atoms with Crippen molar-refractivity contribution in [3.05, 3.63) is 68.2 Å². The van der Waals surface area contributed by atoms with Gasteiger partial charge < -0.3 is 10.6 Å². The van der Waals surface area contributed by atoms with Gasteiger partial charge >= 0.3 is 0 Å². The summed E-state index contributed by atoms with van der Waals surface area (Å²) in [4.78, 5) is 22.3. The third-order valence-electron chi connectivity index (χ3n) is 3.50. The molecule has 2 aromatic rings. The SMILES string of the molecule is O=C(CCc1ccc(Cl)cc1Cl)NCCNc1ccccc1[N+](=O)[O-]. The number of amides is 1. The van der Waals surface area contributed by atoms with Gasteiger partial charge in [0.05, 0.1) is 4.92 Å². The van der Waals surface area contributed by atoms with Gasteiger partial charge in [-0.15, -0.1) is 0 Å². The minimum atomic E-state index is -0.448. The second-order valence-corrected chi connectivity index (χ2v) is 6.13. The van der Waals surface area contributed by atoms with Crippen LogP contribution in [0.5, 0.6) is 0 Å². The summed E-state index contributed by atoms with van der Waals surface area (Å²) >= 11 is 11.9. The van der Waals surface area contributed by atoms with Crippen LogP contribution in [-0.2, 0) is 11.2 Å². The Morgan fingerprint density at radius 2 is 1.88 bits per heavy atom. The van der Waals surface area contributed by atoms with E-state index in [-0.39, 0.29) is 11.6 Å². The maximum atomic E-state index is 11.9. The summed E-state index contributed by atoms with van der Waals surface area (Å²) in [6, 6.07) is 11.6. The zero-order valence-electron chi connectivity index (χ0n) is 13.3. The highest BCUT2D eigenvalue weighted by molar-refractivity contribution is 6.35. The number of benzene rings is 2. The topological polar surface area (TPSA) is 84.3 Å². The van der Waals surface area contributed by atoms with Crippen molar-refractivity contribution in [3.8, 4) is 0 Å². The average Bonchev–Trinajstić information content (AvgIpc) is 2.58. The molecular formula is C17H17Cl2N3O3. The number of halogens is 2. The summed E-state index contributed by atoms with van der Waals surface area (Å²) in [5, 5.41) is 17.7. The molecule has 1 amide bonds. The Bertz CT molecular complexity index is 769. The maximum Gasteiger partial charge on any atom is 0.292 e. The second kappa shape index (κ2) is 9.25. The van der Waals surface area contributed by atoms with Crippen LogP contribution in [0.25, 0.3) is 0 Å². The first-order valence-corrected chi connectivity index (χ1v) is 8.41. The molecule has 0 saturated carbocycles. The van der Waals surface area contributed by atoms with Crippen molar-refractivity contribution < 1.29 is 9.72 Å². The van der Waals surface area contributed by atoms with Gasteiger partial charge in [0, 0.05) is 35.6 Å². The van der Waals surface area contributed by atoms with Crippen LogP contribution in [0.15, 0.2) is 42.5 Å². The molecule has 0 saturated heterocycles. The Morgan fingerprint density at radius 3 is 2.60 bits per heavy atom. The Balaban J connectivity index is 1.73. The van der Waals surface area contributed by atoms with Gasteiger partial charge in [-0.1, -0.05) is 41.4 Å². The molecule has 0 bridgehead atoms. The zero-order chi connectivity index (χ0) is 18.2. The molecule has 0 heterocycles. The van der Waals surface area contributed by atoms with E-state index in [2.05, 4.69) is 10.6 Å². The largest absolute Gasteiger partial charge is 0.378 e. The number of rotatable bonds is 8. The molecule has 0 fully saturated rings. The lowest BCUT2D eigenvalue weighted by Crippen LogP contribution is -2.29. The molecule has 0 aromatic heterocycles. The van der Waals surface area contributed by atoms with Crippen molar-refractivity contribution in [2.45, 2.75) is 12.8 Å². The predicted octanol–water partition coefficient (Wildman–Crippen LogP) is 4.06. The van der Waals surface area contributed by atoms with Gasteiger partial charge in [-0.05, 0) is 30.2 Å². The number of hydrogen-bond donors (Lipinski definition) is 2. The van der Waals surface area contributed by atoms with Crippen LogP contribution in [0, 0.1) is 10.1 Å². The van der Waals surface area contributed by atoms with Gasteiger partial charge in [0.15, 0.2) is 0 Å². The average molecular weight is 382 g/mol. The summed E-state index contributed by atoms with van der Waals surface area (Å²) in [5.41, 5.74) is 1.29. The van der Waals surface area contributed by atoms with Gasteiger partial charge in [0.25, 0.3) is 5.69 Å². The predicted molar refractivity (Wildman–Crippen MR) is 99.4 cm³/mol. The van der Waals surface area contributed by atoms with E-state index in [0.717, 1.165) is 5.56 Å². The molecule has 8 heteroatoms. The Labute approximate surface area is 155 Å². The minimum absolute atomic E-state index is 0.00575. The Hall–Kier alpha value is -2.31. The molecule has 0 radical (unpaired) electrons. The maximum absolute atomic E-state index is 11.9. The number of nitrogens with zero attached hydrogens (tertiary/aromatic N) is 1. The van der Waals surface area contributed by atoms with Crippen molar-refractivity contribution in [2.24, 2.45) is 0 Å². The van der Waals surface area contributed by atoms with Crippen LogP contribution in [0.1, 0.15) is 12.0 Å². The van der Waals surface area contributed by atoms with Gasteiger partial charge in [-0.2, -0.15) is 0 Å². The summed E-state index contributed by atoms with van der Waals surface area (Å²) in [7, 11) is 0. The lowest BCUT2D eigenvalue weighted by Gasteiger charge is -2.09. The van der Waals surface area contributed by atoms with Crippen molar-refractivity contribution in [1.82, 2.24) is 5.32 Å². The highest BCUT2D eigenvalue weighted by Gasteiger charge is 2.11. The Morgan fingerprint density at radius 1 is 1.12 bits per heavy atom. The van der Waals surface area contributed by atoms with Crippen LogP contribution in [-0.4, -0.2) is 23.9 Å². The highest BCUT2D eigenvalue weighted by atomic mass is 35.5. The molecule has 0 spiro atoms. The summed E-state index contributed by atoms with van der Waals surface area (Å²) in [6.45, 7) is 0.748. The molecule has 0 aliphatic carbocycles. The molecule has 25 heavy (non-hydrogen) atoms. The molecule has 2 N–H and O–H groups in total. The molecular weight excluding hydrogens is 365 g/mol. The quantitative estimate of drug-likeness (QED) is 0.410. The fourth-order valence-corrected chi connectivity index (χ4v) is 2.75. The van der Waals surface area contributed by atoms with E-state index < -0.39 is 4.92 Å². The molecule has 0 aliphatic rings. The van der Waals surface area contributed by atoms with Crippen LogP contribution in [0.4, 0.5) is 11.4 Å². The summed E-state index contributed by atoms with van der Waals surface area (Å²) in [5.74, 6) is -0.115. The lowest BCUT2D eigenvalue weighted by molar-refractivity contribution is -0.384. The van der Waals surface area contributed by atoms with Gasteiger partial charge in [-0.3, -0.25) is 14.9 Å². The van der Waals surface area contributed by atoms with E-state index in [0.29, 0.717) is 41.7 Å². The van der Waals surface area contributed by atoms with Gasteiger partial charge in [-0.25, -0.2) is 0 Å². The number of nitrogens with one attached hydrogen (secondary N) is 2. The zero-order valence-corrected chi connectivity index (χ0v) is 14.8. The molecule has 2 aromatic carbocycles. The molecule has 0 aliphatic heterocycles. The van der Waals surface area contributed by atoms with E-state index in [1.807, 2.05) is 0 Å². The van der Waals surface area contributed by atoms with E-state index in [9.17, 15) is 14.9 Å². The highest BCUT2D eigenvalue weighted by Crippen LogP contribution is 2.23. The number of para-hydroxylation sites is 2. The second-order valence-electron chi connectivity index (χ2n) is 5.29. The van der Waals surface area contributed by atoms with Crippen LogP contribution >= 0.6 is 23.2 Å². The third-order valence-corrected chi connectivity index (χ3v) is 4.09. The van der Waals surface area contributed by atoms with Crippen molar-refractivity contribution >= 4 is 40.5 Å². The summed E-state index contributed by atoms with van der Waals surface area (Å²) < 4.78 is 0. The first-order valence-electron chi connectivity index (χ1n) is 7.65. The molecule has 2 rings (SSSR count). The Kier molecular flexibility index (Phi) is 7.03. The number of nitro groups is 1.